The summed E-state index contributed by atoms with van der Waals surface area (Å²) >= 11 is 0. The standard InChI is InChI=1S/C21H30N2O2/c1-15(2)11-16-7-6-8-18(12-16)22-21(25)17-13-20(24)23(14-17)19-9-4-3-5-10-19/h6-8,12,15,17,19H,3-5,9-11,13-14H2,1-2H3,(H,22,25). The maximum atomic E-state index is 12.6. The Morgan fingerprint density at radius 1 is 1.24 bits per heavy atom. The Bertz CT molecular complexity index is 620. The predicted octanol–water partition coefficient (Wildman–Crippen LogP) is 4.00. The summed E-state index contributed by atoms with van der Waals surface area (Å²) in [7, 11) is 0. The third kappa shape index (κ3) is 4.62. The Morgan fingerprint density at radius 3 is 2.72 bits per heavy atom. The van der Waals surface area contributed by atoms with Gasteiger partial charge in [-0.15, -0.1) is 0 Å². The molecule has 1 saturated heterocycles. The number of carbonyl (C=O) groups excluding carboxylic acids is 2. The molecular formula is C21H30N2O2. The summed E-state index contributed by atoms with van der Waals surface area (Å²) in [6, 6.07) is 8.42. The highest BCUT2D eigenvalue weighted by Crippen LogP contribution is 2.29. The lowest BCUT2D eigenvalue weighted by atomic mass is 9.94. The molecule has 0 bridgehead atoms. The SMILES string of the molecule is CC(C)Cc1cccc(NC(=O)C2CC(=O)N(C3CCCCC3)C2)c1. The van der Waals surface area contributed by atoms with Crippen molar-refractivity contribution in [2.24, 2.45) is 11.8 Å². The van der Waals surface area contributed by atoms with Crippen LogP contribution in [0.15, 0.2) is 24.3 Å². The van der Waals surface area contributed by atoms with E-state index in [4.69, 9.17) is 0 Å². The minimum Gasteiger partial charge on any atom is -0.339 e. The van der Waals surface area contributed by atoms with Crippen molar-refractivity contribution in [1.29, 1.82) is 0 Å². The van der Waals surface area contributed by atoms with Gasteiger partial charge in [-0.3, -0.25) is 9.59 Å². The highest BCUT2D eigenvalue weighted by Gasteiger charge is 2.38. The van der Waals surface area contributed by atoms with E-state index in [-0.39, 0.29) is 17.7 Å². The first kappa shape index (κ1) is 18.0. The van der Waals surface area contributed by atoms with Crippen molar-refractivity contribution in [2.45, 2.75) is 64.8 Å². The fourth-order valence-corrected chi connectivity index (χ4v) is 4.14. The van der Waals surface area contributed by atoms with Crippen LogP contribution in [0.1, 0.15) is 57.9 Å². The minimum absolute atomic E-state index is 0.0200. The largest absolute Gasteiger partial charge is 0.339 e. The quantitative estimate of drug-likeness (QED) is 0.879. The van der Waals surface area contributed by atoms with Gasteiger partial charge < -0.3 is 10.2 Å². The van der Waals surface area contributed by atoms with Crippen LogP contribution < -0.4 is 5.32 Å². The van der Waals surface area contributed by atoms with Crippen LogP contribution in [0, 0.1) is 11.8 Å². The summed E-state index contributed by atoms with van der Waals surface area (Å²) in [4.78, 5) is 27.0. The number of anilines is 1. The molecule has 136 valence electrons. The zero-order valence-electron chi connectivity index (χ0n) is 15.5. The first-order valence-electron chi connectivity index (χ1n) is 9.72. The average molecular weight is 342 g/mol. The van der Waals surface area contributed by atoms with E-state index in [2.05, 4.69) is 25.2 Å². The van der Waals surface area contributed by atoms with E-state index >= 15 is 0 Å². The van der Waals surface area contributed by atoms with E-state index in [0.29, 0.717) is 24.9 Å². The van der Waals surface area contributed by atoms with E-state index in [9.17, 15) is 9.59 Å². The van der Waals surface area contributed by atoms with Crippen LogP contribution in [0.2, 0.25) is 0 Å². The van der Waals surface area contributed by atoms with E-state index in [1.807, 2.05) is 23.1 Å². The molecule has 3 rings (SSSR count). The molecule has 0 radical (unpaired) electrons. The normalized spacial score (nSPS) is 21.8. The topological polar surface area (TPSA) is 49.4 Å². The Balaban J connectivity index is 1.59. The summed E-state index contributed by atoms with van der Waals surface area (Å²) < 4.78 is 0. The van der Waals surface area contributed by atoms with Gasteiger partial charge in [-0.05, 0) is 42.9 Å². The van der Waals surface area contributed by atoms with Crippen LogP contribution in [0.5, 0.6) is 0 Å². The molecule has 4 nitrogen and oxygen atoms in total. The average Bonchev–Trinajstić information content (AvgIpc) is 2.97. The molecule has 2 aliphatic rings. The van der Waals surface area contributed by atoms with Crippen molar-refractivity contribution in [3.05, 3.63) is 29.8 Å². The van der Waals surface area contributed by atoms with Gasteiger partial charge in [-0.25, -0.2) is 0 Å². The second-order valence-corrected chi connectivity index (χ2v) is 8.03. The lowest BCUT2D eigenvalue weighted by Crippen LogP contribution is -2.38. The van der Waals surface area contributed by atoms with Gasteiger partial charge >= 0.3 is 0 Å². The van der Waals surface area contributed by atoms with E-state index in [1.165, 1.54) is 24.8 Å². The van der Waals surface area contributed by atoms with E-state index in [0.717, 1.165) is 24.9 Å². The van der Waals surface area contributed by atoms with Crippen LogP contribution in [0.3, 0.4) is 0 Å². The summed E-state index contributed by atoms with van der Waals surface area (Å²) in [6.45, 7) is 4.96. The molecule has 4 heteroatoms. The molecule has 1 saturated carbocycles. The Hall–Kier alpha value is -1.84. The van der Waals surface area contributed by atoms with Gasteiger partial charge in [0.2, 0.25) is 11.8 Å². The molecule has 0 aromatic heterocycles. The van der Waals surface area contributed by atoms with Gasteiger partial charge in [0.25, 0.3) is 0 Å². The number of likely N-dealkylation sites (tertiary alicyclic amines) is 1. The Kier molecular flexibility index (Phi) is 5.77. The summed E-state index contributed by atoms with van der Waals surface area (Å²) in [6.07, 6.45) is 7.22. The third-order valence-corrected chi connectivity index (χ3v) is 5.38. The van der Waals surface area contributed by atoms with Crippen molar-refractivity contribution < 1.29 is 9.59 Å². The Morgan fingerprint density at radius 2 is 2.00 bits per heavy atom. The number of benzene rings is 1. The van der Waals surface area contributed by atoms with Crippen LogP contribution in [0.25, 0.3) is 0 Å². The number of rotatable bonds is 5. The highest BCUT2D eigenvalue weighted by molar-refractivity contribution is 5.97. The van der Waals surface area contributed by atoms with Crippen molar-refractivity contribution in [2.75, 3.05) is 11.9 Å². The number of nitrogens with zero attached hydrogens (tertiary/aromatic N) is 1. The maximum absolute atomic E-state index is 12.6. The Labute approximate surface area is 151 Å². The zero-order valence-corrected chi connectivity index (χ0v) is 15.5. The van der Waals surface area contributed by atoms with Crippen molar-refractivity contribution in [1.82, 2.24) is 4.90 Å². The number of nitrogens with one attached hydrogen (secondary N) is 1. The van der Waals surface area contributed by atoms with Crippen LogP contribution in [-0.2, 0) is 16.0 Å². The van der Waals surface area contributed by atoms with Gasteiger partial charge in [0.15, 0.2) is 0 Å². The molecule has 1 heterocycles. The number of carbonyl (C=O) groups is 2. The smallest absolute Gasteiger partial charge is 0.229 e. The lowest BCUT2D eigenvalue weighted by Gasteiger charge is -2.31. The highest BCUT2D eigenvalue weighted by atomic mass is 16.2. The lowest BCUT2D eigenvalue weighted by molar-refractivity contribution is -0.130. The van der Waals surface area contributed by atoms with Gasteiger partial charge in [-0.2, -0.15) is 0 Å². The molecule has 1 aromatic carbocycles. The van der Waals surface area contributed by atoms with Crippen LogP contribution in [-0.4, -0.2) is 29.3 Å². The summed E-state index contributed by atoms with van der Waals surface area (Å²) in [5.41, 5.74) is 2.07. The minimum atomic E-state index is -0.219. The second kappa shape index (κ2) is 8.03. The van der Waals surface area contributed by atoms with Gasteiger partial charge in [0.05, 0.1) is 5.92 Å². The molecule has 2 fully saturated rings. The molecular weight excluding hydrogens is 312 g/mol. The molecule has 2 amide bonds. The number of amides is 2. The van der Waals surface area contributed by atoms with E-state index in [1.54, 1.807) is 0 Å². The third-order valence-electron chi connectivity index (χ3n) is 5.38. The molecule has 1 aromatic rings. The molecule has 1 atom stereocenters. The first-order valence-corrected chi connectivity index (χ1v) is 9.72. The summed E-state index contributed by atoms with van der Waals surface area (Å²) in [5, 5.41) is 3.02. The van der Waals surface area contributed by atoms with E-state index < -0.39 is 0 Å². The van der Waals surface area contributed by atoms with Gasteiger partial charge in [-0.1, -0.05) is 45.2 Å². The van der Waals surface area contributed by atoms with Crippen molar-refractivity contribution in [3.63, 3.8) is 0 Å². The number of hydrogen-bond acceptors (Lipinski definition) is 2. The molecule has 0 spiro atoms. The monoisotopic (exact) mass is 342 g/mol. The molecule has 1 aliphatic heterocycles. The molecule has 1 unspecified atom stereocenters. The molecule has 25 heavy (non-hydrogen) atoms. The molecule has 1 N–H and O–H groups in total. The van der Waals surface area contributed by atoms with Crippen molar-refractivity contribution >= 4 is 17.5 Å². The zero-order chi connectivity index (χ0) is 17.8. The van der Waals surface area contributed by atoms with Crippen LogP contribution >= 0.6 is 0 Å². The second-order valence-electron chi connectivity index (χ2n) is 8.03. The fraction of sp³-hybridized carbons (Fsp3) is 0.619. The van der Waals surface area contributed by atoms with Gasteiger partial charge in [0.1, 0.15) is 0 Å². The molecule has 1 aliphatic carbocycles. The van der Waals surface area contributed by atoms with Crippen molar-refractivity contribution in [3.8, 4) is 0 Å². The predicted molar refractivity (Wildman–Crippen MR) is 100 cm³/mol. The maximum Gasteiger partial charge on any atom is 0.229 e. The summed E-state index contributed by atoms with van der Waals surface area (Å²) in [5.74, 6) is 0.500. The fourth-order valence-electron chi connectivity index (χ4n) is 4.14. The first-order chi connectivity index (χ1) is 12.0. The van der Waals surface area contributed by atoms with Crippen LogP contribution in [0.4, 0.5) is 5.69 Å². The number of hydrogen-bond donors (Lipinski definition) is 1. The van der Waals surface area contributed by atoms with Gasteiger partial charge in [0, 0.05) is 24.7 Å².